The van der Waals surface area contributed by atoms with Crippen molar-refractivity contribution in [3.8, 4) is 0 Å². The molecule has 0 N–H and O–H groups in total. The summed E-state index contributed by atoms with van der Waals surface area (Å²) in [6.07, 6.45) is 0.591. The predicted octanol–water partition coefficient (Wildman–Crippen LogP) is 2.87. The molecule has 32 heavy (non-hydrogen) atoms. The average molecular weight is 441 g/mol. The third kappa shape index (κ3) is 5.60. The summed E-state index contributed by atoms with van der Waals surface area (Å²) in [6.45, 7) is 0.791. The third-order valence-electron chi connectivity index (χ3n) is 5.02. The van der Waals surface area contributed by atoms with Crippen LogP contribution in [0.2, 0.25) is 0 Å². The number of aryl methyl sites for hydroxylation is 1. The number of nitro groups is 1. The van der Waals surface area contributed by atoms with Gasteiger partial charge in [0, 0.05) is 32.1 Å². The molecular formula is C22H23N3O7. The van der Waals surface area contributed by atoms with Crippen molar-refractivity contribution in [2.24, 2.45) is 0 Å². The molecule has 0 bridgehead atoms. The number of esters is 1. The molecule has 1 heterocycles. The van der Waals surface area contributed by atoms with E-state index in [2.05, 4.69) is 4.74 Å². The van der Waals surface area contributed by atoms with Gasteiger partial charge in [0.1, 0.15) is 0 Å². The van der Waals surface area contributed by atoms with Crippen molar-refractivity contribution in [1.82, 2.24) is 9.47 Å². The minimum absolute atomic E-state index is 0.0830. The van der Waals surface area contributed by atoms with Gasteiger partial charge in [-0.05, 0) is 18.1 Å². The number of benzene rings is 2. The van der Waals surface area contributed by atoms with Crippen molar-refractivity contribution < 1.29 is 23.7 Å². The molecule has 0 radical (unpaired) electrons. The number of nitro benzene ring substituents is 1. The molecule has 168 valence electrons. The van der Waals surface area contributed by atoms with E-state index in [4.69, 9.17) is 4.42 Å². The van der Waals surface area contributed by atoms with Crippen LogP contribution in [0.3, 0.4) is 0 Å². The van der Waals surface area contributed by atoms with Crippen molar-refractivity contribution in [3.63, 3.8) is 0 Å². The minimum Gasteiger partial charge on any atom is -0.469 e. The van der Waals surface area contributed by atoms with E-state index >= 15 is 0 Å². The van der Waals surface area contributed by atoms with Gasteiger partial charge in [-0.25, -0.2) is 4.79 Å². The van der Waals surface area contributed by atoms with Crippen LogP contribution >= 0.6 is 0 Å². The fourth-order valence-electron chi connectivity index (χ4n) is 3.35. The molecule has 1 aromatic heterocycles. The summed E-state index contributed by atoms with van der Waals surface area (Å²) in [5.41, 5.74) is 1.32. The lowest BCUT2D eigenvalue weighted by molar-refractivity contribution is -0.384. The Balaban J connectivity index is 1.66. The van der Waals surface area contributed by atoms with Crippen molar-refractivity contribution in [2.45, 2.75) is 32.4 Å². The Bertz CT molecular complexity index is 1170. The van der Waals surface area contributed by atoms with Crippen LogP contribution in [0.25, 0.3) is 11.1 Å². The second-order valence-electron chi connectivity index (χ2n) is 7.16. The quantitative estimate of drug-likeness (QED) is 0.269. The van der Waals surface area contributed by atoms with E-state index in [1.165, 1.54) is 29.9 Å². The van der Waals surface area contributed by atoms with E-state index in [0.29, 0.717) is 18.5 Å². The molecule has 0 aliphatic heterocycles. The summed E-state index contributed by atoms with van der Waals surface area (Å²) in [4.78, 5) is 48.5. The molecular weight excluding hydrogens is 418 g/mol. The van der Waals surface area contributed by atoms with Gasteiger partial charge in [-0.1, -0.05) is 30.3 Å². The number of carbonyl (C=O) groups excluding carboxylic acids is 2. The third-order valence-corrected chi connectivity index (χ3v) is 5.02. The molecule has 0 saturated heterocycles. The highest BCUT2D eigenvalue weighted by Crippen LogP contribution is 2.20. The highest BCUT2D eigenvalue weighted by molar-refractivity contribution is 5.78. The number of amides is 1. The molecule has 0 atom stereocenters. The maximum Gasteiger partial charge on any atom is 0.419 e. The largest absolute Gasteiger partial charge is 0.469 e. The smallest absolute Gasteiger partial charge is 0.419 e. The molecule has 0 spiro atoms. The lowest BCUT2D eigenvalue weighted by Crippen LogP contribution is -2.33. The van der Waals surface area contributed by atoms with Crippen molar-refractivity contribution in [2.75, 3.05) is 13.7 Å². The molecule has 3 aromatic rings. The van der Waals surface area contributed by atoms with E-state index in [1.54, 1.807) is 4.90 Å². The molecule has 0 aliphatic carbocycles. The number of aromatic nitrogens is 1. The minimum atomic E-state index is -0.639. The van der Waals surface area contributed by atoms with Crippen molar-refractivity contribution in [1.29, 1.82) is 0 Å². The van der Waals surface area contributed by atoms with E-state index in [-0.39, 0.29) is 43.1 Å². The van der Waals surface area contributed by atoms with E-state index < -0.39 is 16.6 Å². The maximum atomic E-state index is 12.8. The lowest BCUT2D eigenvalue weighted by Gasteiger charge is -2.22. The van der Waals surface area contributed by atoms with Gasteiger partial charge in [-0.15, -0.1) is 0 Å². The standard InChI is InChI=1S/C22H23N3O7/c1-31-21(27)11-13-23(15-16-6-3-2-4-7-16)20(26)8-5-12-24-18-10-9-17(25(29)30)14-19(18)32-22(24)28/h2-4,6-7,9-10,14H,5,8,11-13,15H2,1H3. The van der Waals surface area contributed by atoms with Gasteiger partial charge >= 0.3 is 11.7 Å². The highest BCUT2D eigenvalue weighted by Gasteiger charge is 2.18. The second kappa shape index (κ2) is 10.4. The highest BCUT2D eigenvalue weighted by atomic mass is 16.6. The molecule has 10 nitrogen and oxygen atoms in total. The zero-order valence-corrected chi connectivity index (χ0v) is 17.6. The normalized spacial score (nSPS) is 10.8. The average Bonchev–Trinajstić information content (AvgIpc) is 3.11. The SMILES string of the molecule is COC(=O)CCN(Cc1ccccc1)C(=O)CCCn1c(=O)oc2cc([N+](=O)[O-])ccc21. The number of hydrogen-bond donors (Lipinski definition) is 0. The first-order valence-corrected chi connectivity index (χ1v) is 10.1. The number of nitrogens with zero attached hydrogens (tertiary/aromatic N) is 3. The Hall–Kier alpha value is -3.95. The van der Waals surface area contributed by atoms with Crippen molar-refractivity contribution >= 4 is 28.7 Å². The Morgan fingerprint density at radius 1 is 1.16 bits per heavy atom. The molecule has 0 fully saturated rings. The van der Waals surface area contributed by atoms with Gasteiger partial charge in [0.05, 0.1) is 30.0 Å². The molecule has 3 rings (SSSR count). The van der Waals surface area contributed by atoms with E-state index in [1.807, 2.05) is 30.3 Å². The maximum absolute atomic E-state index is 12.8. The summed E-state index contributed by atoms with van der Waals surface area (Å²) in [7, 11) is 1.30. The van der Waals surface area contributed by atoms with Gasteiger partial charge in [0.15, 0.2) is 5.58 Å². The van der Waals surface area contributed by atoms with Crippen LogP contribution in [-0.4, -0.2) is 39.9 Å². The fourth-order valence-corrected chi connectivity index (χ4v) is 3.35. The first-order chi connectivity index (χ1) is 15.4. The summed E-state index contributed by atoms with van der Waals surface area (Å²) >= 11 is 0. The van der Waals surface area contributed by atoms with E-state index in [0.717, 1.165) is 5.56 Å². The van der Waals surface area contributed by atoms with Crippen molar-refractivity contribution in [3.05, 3.63) is 74.8 Å². The van der Waals surface area contributed by atoms with Gasteiger partial charge in [0.2, 0.25) is 5.91 Å². The van der Waals surface area contributed by atoms with Crippen LogP contribution < -0.4 is 5.76 Å². The van der Waals surface area contributed by atoms with Crippen LogP contribution in [0.5, 0.6) is 0 Å². The first kappa shape index (κ1) is 22.7. The zero-order chi connectivity index (χ0) is 23.1. The number of carbonyl (C=O) groups is 2. The van der Waals surface area contributed by atoms with Crippen LogP contribution in [0.1, 0.15) is 24.8 Å². The fraction of sp³-hybridized carbons (Fsp3) is 0.318. The van der Waals surface area contributed by atoms with Crippen LogP contribution in [0.15, 0.2) is 57.7 Å². The van der Waals surface area contributed by atoms with Crippen LogP contribution in [0.4, 0.5) is 5.69 Å². The summed E-state index contributed by atoms with van der Waals surface area (Å²) in [5.74, 6) is -1.20. The topological polar surface area (TPSA) is 125 Å². The number of hydrogen-bond acceptors (Lipinski definition) is 7. The van der Waals surface area contributed by atoms with Gasteiger partial charge < -0.3 is 14.1 Å². The molecule has 2 aromatic carbocycles. The zero-order valence-electron chi connectivity index (χ0n) is 17.6. The predicted molar refractivity (Wildman–Crippen MR) is 115 cm³/mol. The summed E-state index contributed by atoms with van der Waals surface area (Å²) in [6, 6.07) is 13.4. The number of non-ortho nitro benzene ring substituents is 1. The number of ether oxygens (including phenoxy) is 1. The monoisotopic (exact) mass is 441 g/mol. The van der Waals surface area contributed by atoms with Crippen LogP contribution in [-0.2, 0) is 27.4 Å². The Labute approximate surface area is 183 Å². The van der Waals surface area contributed by atoms with Crippen LogP contribution in [0, 0.1) is 10.1 Å². The van der Waals surface area contributed by atoms with Gasteiger partial charge in [-0.3, -0.25) is 24.3 Å². The number of rotatable bonds is 10. The Morgan fingerprint density at radius 3 is 2.59 bits per heavy atom. The number of fused-ring (bicyclic) bond motifs is 1. The molecule has 0 unspecified atom stereocenters. The Kier molecular flexibility index (Phi) is 7.37. The van der Waals surface area contributed by atoms with Gasteiger partial charge in [0.25, 0.3) is 5.69 Å². The molecule has 0 saturated carbocycles. The molecule has 0 aliphatic rings. The van der Waals surface area contributed by atoms with Gasteiger partial charge in [-0.2, -0.15) is 0 Å². The number of oxazole rings is 1. The summed E-state index contributed by atoms with van der Waals surface area (Å²) < 4.78 is 11.1. The second-order valence-corrected chi connectivity index (χ2v) is 7.16. The van der Waals surface area contributed by atoms with E-state index in [9.17, 15) is 24.5 Å². The lowest BCUT2D eigenvalue weighted by atomic mass is 10.2. The summed E-state index contributed by atoms with van der Waals surface area (Å²) in [5, 5.41) is 10.9. The molecule has 1 amide bonds. The Morgan fingerprint density at radius 2 is 1.91 bits per heavy atom. The number of methoxy groups -OCH3 is 1. The molecule has 10 heteroatoms. The first-order valence-electron chi connectivity index (χ1n) is 10.1.